The number of aryl methyl sites for hydroxylation is 1. The summed E-state index contributed by atoms with van der Waals surface area (Å²) >= 11 is 1.41. The van der Waals surface area contributed by atoms with Crippen LogP contribution in [-0.2, 0) is 22.4 Å². The highest BCUT2D eigenvalue weighted by molar-refractivity contribution is 7.14. The first-order chi connectivity index (χ1) is 9.45. The largest absolute Gasteiger partial charge is 0.451 e. The van der Waals surface area contributed by atoms with Crippen LogP contribution in [0, 0.1) is 5.92 Å². The Morgan fingerprint density at radius 1 is 1.50 bits per heavy atom. The Morgan fingerprint density at radius 2 is 2.25 bits per heavy atom. The third kappa shape index (κ3) is 3.57. The fourth-order valence-corrected chi connectivity index (χ4v) is 3.28. The Kier molecular flexibility index (Phi) is 4.39. The number of rotatable bonds is 3. The molecule has 1 aromatic heterocycles. The number of amides is 3. The normalized spacial score (nSPS) is 17.1. The minimum atomic E-state index is -0.966. The monoisotopic (exact) mass is 296 g/mol. The maximum absolute atomic E-state index is 11.8. The molecule has 1 aliphatic rings. The highest BCUT2D eigenvalue weighted by atomic mass is 32.1. The van der Waals surface area contributed by atoms with Crippen molar-refractivity contribution in [3.8, 4) is 0 Å². The van der Waals surface area contributed by atoms with Crippen molar-refractivity contribution in [3.63, 3.8) is 0 Å². The van der Waals surface area contributed by atoms with Crippen molar-refractivity contribution in [2.45, 2.75) is 26.2 Å². The summed E-state index contributed by atoms with van der Waals surface area (Å²) in [6, 6.07) is 0.871. The van der Waals surface area contributed by atoms with Crippen LogP contribution in [0.3, 0.4) is 0 Å². The number of thiophene rings is 1. The van der Waals surface area contributed by atoms with E-state index >= 15 is 0 Å². The van der Waals surface area contributed by atoms with Gasteiger partial charge in [-0.3, -0.25) is 10.1 Å². The first-order valence-corrected chi connectivity index (χ1v) is 7.15. The van der Waals surface area contributed by atoms with Crippen LogP contribution in [0.4, 0.5) is 4.79 Å². The molecule has 0 radical (unpaired) electrons. The Morgan fingerprint density at radius 3 is 2.95 bits per heavy atom. The molecule has 6 nitrogen and oxygen atoms in total. The summed E-state index contributed by atoms with van der Waals surface area (Å²) in [5, 5.41) is 1.83. The minimum absolute atomic E-state index is 0.496. The summed E-state index contributed by atoms with van der Waals surface area (Å²) in [4.78, 5) is 35.1. The van der Waals surface area contributed by atoms with E-state index in [1.807, 2.05) is 11.4 Å². The zero-order chi connectivity index (χ0) is 14.7. The molecule has 0 spiro atoms. The van der Waals surface area contributed by atoms with Crippen molar-refractivity contribution in [1.29, 1.82) is 0 Å². The zero-order valence-corrected chi connectivity index (χ0v) is 11.9. The van der Waals surface area contributed by atoms with E-state index in [-0.39, 0.29) is 0 Å². The van der Waals surface area contributed by atoms with Crippen molar-refractivity contribution in [2.24, 2.45) is 11.7 Å². The van der Waals surface area contributed by atoms with E-state index in [0.717, 1.165) is 19.3 Å². The summed E-state index contributed by atoms with van der Waals surface area (Å²) < 4.78 is 4.85. The van der Waals surface area contributed by atoms with Gasteiger partial charge in [0, 0.05) is 4.88 Å². The van der Waals surface area contributed by atoms with Gasteiger partial charge in [0.05, 0.1) is 0 Å². The molecular weight excluding hydrogens is 280 g/mol. The second-order valence-corrected chi connectivity index (χ2v) is 6.03. The predicted molar refractivity (Wildman–Crippen MR) is 73.5 cm³/mol. The maximum atomic E-state index is 11.8. The lowest BCUT2D eigenvalue weighted by molar-refractivity contribution is -0.123. The lowest BCUT2D eigenvalue weighted by atomic mass is 9.90. The van der Waals surface area contributed by atoms with Gasteiger partial charge >= 0.3 is 12.0 Å². The number of carbonyl (C=O) groups excluding carboxylic acids is 3. The topological polar surface area (TPSA) is 98.5 Å². The van der Waals surface area contributed by atoms with E-state index in [2.05, 4.69) is 6.92 Å². The predicted octanol–water partition coefficient (Wildman–Crippen LogP) is 1.22. The van der Waals surface area contributed by atoms with Crippen LogP contribution in [0.5, 0.6) is 0 Å². The molecule has 0 bridgehead atoms. The number of nitrogens with one attached hydrogen (secondary N) is 1. The number of nitrogens with two attached hydrogens (primary N) is 1. The van der Waals surface area contributed by atoms with Crippen LogP contribution in [0.2, 0.25) is 0 Å². The second-order valence-electron chi connectivity index (χ2n) is 4.90. The molecular formula is C13H16N2O4S. The molecule has 1 aliphatic carbocycles. The number of primary amides is 1. The number of esters is 1. The van der Waals surface area contributed by atoms with E-state index in [4.69, 9.17) is 10.5 Å². The molecule has 0 aliphatic heterocycles. The summed E-state index contributed by atoms with van der Waals surface area (Å²) in [7, 11) is 0. The summed E-state index contributed by atoms with van der Waals surface area (Å²) in [5.41, 5.74) is 5.98. The van der Waals surface area contributed by atoms with Crippen LogP contribution < -0.4 is 11.1 Å². The average molecular weight is 296 g/mol. The quantitative estimate of drug-likeness (QED) is 0.819. The Bertz CT molecular complexity index is 553. The molecule has 0 aromatic carbocycles. The summed E-state index contributed by atoms with van der Waals surface area (Å²) in [6.07, 6.45) is 3.08. The van der Waals surface area contributed by atoms with Crippen LogP contribution >= 0.6 is 11.3 Å². The molecule has 108 valence electrons. The molecule has 1 aromatic rings. The Hall–Kier alpha value is -1.89. The van der Waals surface area contributed by atoms with Crippen molar-refractivity contribution >= 4 is 29.2 Å². The van der Waals surface area contributed by atoms with Crippen LogP contribution in [0.25, 0.3) is 0 Å². The molecule has 3 N–H and O–H groups in total. The van der Waals surface area contributed by atoms with Crippen LogP contribution in [0.15, 0.2) is 6.07 Å². The molecule has 2 rings (SSSR count). The van der Waals surface area contributed by atoms with Crippen LogP contribution in [-0.4, -0.2) is 24.5 Å². The van der Waals surface area contributed by atoms with Gasteiger partial charge < -0.3 is 10.5 Å². The number of ether oxygens (including phenoxy) is 1. The fraction of sp³-hybridized carbons (Fsp3) is 0.462. The summed E-state index contributed by atoms with van der Waals surface area (Å²) in [5.74, 6) is -0.653. The molecule has 0 saturated carbocycles. The molecule has 0 unspecified atom stereocenters. The SMILES string of the molecule is C[C@@H]1CCc2sc(C(=O)OCC(=O)NC(N)=O)cc2C1. The highest BCUT2D eigenvalue weighted by Gasteiger charge is 2.21. The number of imide groups is 1. The number of hydrogen-bond acceptors (Lipinski definition) is 5. The first kappa shape index (κ1) is 14.5. The highest BCUT2D eigenvalue weighted by Crippen LogP contribution is 2.32. The Balaban J connectivity index is 1.93. The van der Waals surface area contributed by atoms with Gasteiger partial charge in [-0.05, 0) is 36.8 Å². The number of carbonyl (C=O) groups is 3. The van der Waals surface area contributed by atoms with Gasteiger partial charge in [-0.25, -0.2) is 9.59 Å². The first-order valence-electron chi connectivity index (χ1n) is 6.33. The molecule has 1 atom stereocenters. The Labute approximate surface area is 120 Å². The van der Waals surface area contributed by atoms with Crippen molar-refractivity contribution in [2.75, 3.05) is 6.61 Å². The van der Waals surface area contributed by atoms with Gasteiger partial charge in [-0.2, -0.15) is 0 Å². The lowest BCUT2D eigenvalue weighted by Crippen LogP contribution is -2.37. The van der Waals surface area contributed by atoms with Crippen molar-refractivity contribution in [1.82, 2.24) is 5.32 Å². The van der Waals surface area contributed by atoms with E-state index < -0.39 is 24.5 Å². The average Bonchev–Trinajstić information content (AvgIpc) is 2.78. The number of hydrogen-bond donors (Lipinski definition) is 2. The van der Waals surface area contributed by atoms with Crippen LogP contribution in [0.1, 0.15) is 33.5 Å². The van der Waals surface area contributed by atoms with Gasteiger partial charge in [0.2, 0.25) is 0 Å². The fourth-order valence-electron chi connectivity index (χ4n) is 2.18. The van der Waals surface area contributed by atoms with E-state index in [0.29, 0.717) is 10.8 Å². The van der Waals surface area contributed by atoms with Crippen molar-refractivity contribution < 1.29 is 19.1 Å². The minimum Gasteiger partial charge on any atom is -0.451 e. The van der Waals surface area contributed by atoms with Gasteiger partial charge in [0.25, 0.3) is 5.91 Å². The van der Waals surface area contributed by atoms with E-state index in [9.17, 15) is 14.4 Å². The van der Waals surface area contributed by atoms with E-state index in [1.54, 1.807) is 0 Å². The molecule has 3 amide bonds. The maximum Gasteiger partial charge on any atom is 0.348 e. The number of urea groups is 1. The van der Waals surface area contributed by atoms with Crippen molar-refractivity contribution in [3.05, 3.63) is 21.4 Å². The number of fused-ring (bicyclic) bond motifs is 1. The van der Waals surface area contributed by atoms with Gasteiger partial charge in [-0.1, -0.05) is 6.92 Å². The third-order valence-electron chi connectivity index (χ3n) is 3.13. The smallest absolute Gasteiger partial charge is 0.348 e. The third-order valence-corrected chi connectivity index (χ3v) is 4.34. The molecule has 20 heavy (non-hydrogen) atoms. The zero-order valence-electron chi connectivity index (χ0n) is 11.1. The molecule has 7 heteroatoms. The van der Waals surface area contributed by atoms with Gasteiger partial charge in [0.15, 0.2) is 6.61 Å². The van der Waals surface area contributed by atoms with Gasteiger partial charge in [-0.15, -0.1) is 11.3 Å². The van der Waals surface area contributed by atoms with E-state index in [1.165, 1.54) is 21.8 Å². The summed E-state index contributed by atoms with van der Waals surface area (Å²) in [6.45, 7) is 1.67. The lowest BCUT2D eigenvalue weighted by Gasteiger charge is -2.16. The van der Waals surface area contributed by atoms with Gasteiger partial charge in [0.1, 0.15) is 4.88 Å². The molecule has 0 fully saturated rings. The molecule has 0 saturated heterocycles. The standard InChI is InChI=1S/C13H16N2O4S/c1-7-2-3-9-8(4-7)5-10(20-9)12(17)19-6-11(16)15-13(14)18/h5,7H,2-4,6H2,1H3,(H3,14,15,16,18)/t7-/m1/s1. The molecule has 1 heterocycles. The second kappa shape index (κ2) is 6.04.